The summed E-state index contributed by atoms with van der Waals surface area (Å²) in [6.45, 7) is 10.2. The van der Waals surface area contributed by atoms with Crippen molar-refractivity contribution in [3.8, 4) is 0 Å². The van der Waals surface area contributed by atoms with Gasteiger partial charge in [0.2, 0.25) is 0 Å². The maximum Gasteiger partial charge on any atom is 0.122 e. The molecule has 21 heavy (non-hydrogen) atoms. The first-order chi connectivity index (χ1) is 10.2. The summed E-state index contributed by atoms with van der Waals surface area (Å²) in [5, 5.41) is 0. The van der Waals surface area contributed by atoms with Crippen LogP contribution in [0.25, 0.3) is 0 Å². The number of hydrogen-bond donors (Lipinski definition) is 0. The summed E-state index contributed by atoms with van der Waals surface area (Å²) in [7, 11) is 1.72. The summed E-state index contributed by atoms with van der Waals surface area (Å²) in [6.07, 6.45) is 5.81. The Morgan fingerprint density at radius 3 is 2.95 bits per heavy atom. The minimum atomic E-state index is 0.703. The number of aromatic nitrogens is 2. The van der Waals surface area contributed by atoms with Gasteiger partial charge in [-0.2, -0.15) is 0 Å². The van der Waals surface area contributed by atoms with Gasteiger partial charge in [-0.1, -0.05) is 6.08 Å². The van der Waals surface area contributed by atoms with Crippen LogP contribution in [0.1, 0.15) is 15.6 Å². The number of thiophene rings is 1. The van der Waals surface area contributed by atoms with Gasteiger partial charge in [0.05, 0.1) is 13.2 Å². The van der Waals surface area contributed by atoms with Crippen LogP contribution in [-0.2, 0) is 24.4 Å². The molecule has 0 radical (unpaired) electrons. The Balaban J connectivity index is 2.02. The van der Waals surface area contributed by atoms with E-state index in [0.717, 1.165) is 32.0 Å². The van der Waals surface area contributed by atoms with Gasteiger partial charge in [-0.3, -0.25) is 4.90 Å². The predicted octanol–water partition coefficient (Wildman–Crippen LogP) is 3.09. The number of imidazole rings is 1. The smallest absolute Gasteiger partial charge is 0.122 e. The highest BCUT2D eigenvalue weighted by atomic mass is 32.1. The number of rotatable bonds is 9. The molecule has 0 spiro atoms. The molecule has 114 valence electrons. The highest BCUT2D eigenvalue weighted by Gasteiger charge is 2.11. The Labute approximate surface area is 130 Å². The second-order valence-electron chi connectivity index (χ2n) is 5.00. The van der Waals surface area contributed by atoms with Crippen molar-refractivity contribution in [1.29, 1.82) is 0 Å². The molecule has 4 nitrogen and oxygen atoms in total. The van der Waals surface area contributed by atoms with Gasteiger partial charge < -0.3 is 9.30 Å². The van der Waals surface area contributed by atoms with Gasteiger partial charge in [0.25, 0.3) is 0 Å². The number of hydrogen-bond acceptors (Lipinski definition) is 4. The maximum absolute atomic E-state index is 5.14. The Morgan fingerprint density at radius 2 is 2.29 bits per heavy atom. The van der Waals surface area contributed by atoms with Crippen molar-refractivity contribution < 1.29 is 4.74 Å². The van der Waals surface area contributed by atoms with Crippen molar-refractivity contribution >= 4 is 11.3 Å². The molecule has 0 fully saturated rings. The van der Waals surface area contributed by atoms with E-state index in [1.165, 1.54) is 9.75 Å². The Kier molecular flexibility index (Phi) is 6.17. The van der Waals surface area contributed by atoms with Crippen molar-refractivity contribution in [3.05, 3.63) is 52.8 Å². The maximum atomic E-state index is 5.14. The zero-order valence-electron chi connectivity index (χ0n) is 12.8. The number of nitrogens with zero attached hydrogens (tertiary/aromatic N) is 3. The lowest BCUT2D eigenvalue weighted by Gasteiger charge is -2.20. The molecule has 0 saturated heterocycles. The molecule has 2 rings (SSSR count). The summed E-state index contributed by atoms with van der Waals surface area (Å²) in [5.41, 5.74) is 0. The first-order valence-corrected chi connectivity index (χ1v) is 7.92. The summed E-state index contributed by atoms with van der Waals surface area (Å²) >= 11 is 1.85. The monoisotopic (exact) mass is 305 g/mol. The van der Waals surface area contributed by atoms with E-state index in [1.807, 2.05) is 29.8 Å². The van der Waals surface area contributed by atoms with Crippen molar-refractivity contribution in [3.63, 3.8) is 0 Å². The lowest BCUT2D eigenvalue weighted by Crippen LogP contribution is -2.24. The second-order valence-corrected chi connectivity index (χ2v) is 6.37. The predicted molar refractivity (Wildman–Crippen MR) is 87.5 cm³/mol. The highest BCUT2D eigenvalue weighted by molar-refractivity contribution is 7.11. The third-order valence-electron chi connectivity index (χ3n) is 3.27. The van der Waals surface area contributed by atoms with Crippen LogP contribution in [0.2, 0.25) is 0 Å². The Morgan fingerprint density at radius 1 is 1.43 bits per heavy atom. The van der Waals surface area contributed by atoms with Crippen LogP contribution < -0.4 is 0 Å². The molecule has 5 heteroatoms. The van der Waals surface area contributed by atoms with Crippen LogP contribution in [0.5, 0.6) is 0 Å². The molecule has 0 aliphatic heterocycles. The average Bonchev–Trinajstić information content (AvgIpc) is 3.06. The van der Waals surface area contributed by atoms with Crippen LogP contribution in [0.4, 0.5) is 0 Å². The second kappa shape index (κ2) is 8.12. The van der Waals surface area contributed by atoms with Crippen molar-refractivity contribution in [1.82, 2.24) is 14.5 Å². The van der Waals surface area contributed by atoms with E-state index in [1.54, 1.807) is 7.11 Å². The van der Waals surface area contributed by atoms with Gasteiger partial charge in [-0.15, -0.1) is 17.9 Å². The van der Waals surface area contributed by atoms with Crippen LogP contribution in [0.3, 0.4) is 0 Å². The molecule has 0 aromatic carbocycles. The van der Waals surface area contributed by atoms with Crippen LogP contribution >= 0.6 is 11.3 Å². The van der Waals surface area contributed by atoms with Gasteiger partial charge in [0, 0.05) is 48.9 Å². The van der Waals surface area contributed by atoms with E-state index < -0.39 is 0 Å². The van der Waals surface area contributed by atoms with Gasteiger partial charge in [0.15, 0.2) is 0 Å². The van der Waals surface area contributed by atoms with Crippen LogP contribution in [-0.4, -0.2) is 34.7 Å². The molecule has 0 atom stereocenters. The van der Waals surface area contributed by atoms with Crippen LogP contribution in [0.15, 0.2) is 37.2 Å². The summed E-state index contributed by atoms with van der Waals surface area (Å²) in [4.78, 5) is 9.55. The molecule has 0 bridgehead atoms. The molecule has 0 amide bonds. The molecule has 2 heterocycles. The van der Waals surface area contributed by atoms with Gasteiger partial charge in [-0.25, -0.2) is 4.98 Å². The average molecular weight is 305 g/mol. The minimum absolute atomic E-state index is 0.703. The van der Waals surface area contributed by atoms with E-state index in [-0.39, 0.29) is 0 Å². The molecule has 0 aliphatic carbocycles. The van der Waals surface area contributed by atoms with E-state index in [0.29, 0.717) is 6.61 Å². The third kappa shape index (κ3) is 4.81. The SMILES string of the molecule is C=CCN(Cc1ccc(C)s1)Cc1nccn1CCOC. The molecule has 0 aliphatic rings. The topological polar surface area (TPSA) is 30.3 Å². The zero-order valence-corrected chi connectivity index (χ0v) is 13.6. The molecule has 2 aromatic rings. The van der Waals surface area contributed by atoms with Crippen LogP contribution in [0, 0.1) is 6.92 Å². The fourth-order valence-electron chi connectivity index (χ4n) is 2.24. The first-order valence-electron chi connectivity index (χ1n) is 7.10. The standard InChI is InChI=1S/C16H23N3OS/c1-4-8-18(12-15-6-5-14(2)21-15)13-16-17-7-9-19(16)10-11-20-3/h4-7,9H,1,8,10-13H2,2-3H3. The largest absolute Gasteiger partial charge is 0.383 e. The molecule has 0 N–H and O–H groups in total. The number of methoxy groups -OCH3 is 1. The van der Waals surface area contributed by atoms with Crippen molar-refractivity contribution in [2.24, 2.45) is 0 Å². The molecular weight excluding hydrogens is 282 g/mol. The summed E-state index contributed by atoms with van der Waals surface area (Å²) < 4.78 is 7.30. The fourth-order valence-corrected chi connectivity index (χ4v) is 3.18. The quantitative estimate of drug-likeness (QED) is 0.667. The lowest BCUT2D eigenvalue weighted by atomic mass is 10.3. The summed E-state index contributed by atoms with van der Waals surface area (Å²) in [5.74, 6) is 1.07. The van der Waals surface area contributed by atoms with Gasteiger partial charge >= 0.3 is 0 Å². The van der Waals surface area contributed by atoms with Gasteiger partial charge in [-0.05, 0) is 19.1 Å². The molecule has 0 saturated carbocycles. The molecule has 2 aromatic heterocycles. The van der Waals surface area contributed by atoms with Crippen molar-refractivity contribution in [2.45, 2.75) is 26.6 Å². The van der Waals surface area contributed by atoms with E-state index in [4.69, 9.17) is 4.74 Å². The highest BCUT2D eigenvalue weighted by Crippen LogP contribution is 2.18. The third-order valence-corrected chi connectivity index (χ3v) is 4.25. The number of ether oxygens (including phenoxy) is 1. The van der Waals surface area contributed by atoms with E-state index in [2.05, 4.69) is 40.1 Å². The first kappa shape index (κ1) is 15.9. The Bertz CT molecular complexity index is 561. The lowest BCUT2D eigenvalue weighted by molar-refractivity contribution is 0.184. The Hall–Kier alpha value is -1.43. The van der Waals surface area contributed by atoms with E-state index >= 15 is 0 Å². The normalized spacial score (nSPS) is 11.2. The molecular formula is C16H23N3OS. The molecule has 0 unspecified atom stereocenters. The minimum Gasteiger partial charge on any atom is -0.383 e. The zero-order chi connectivity index (χ0) is 15.1. The van der Waals surface area contributed by atoms with E-state index in [9.17, 15) is 0 Å². The fraction of sp³-hybridized carbons (Fsp3) is 0.438. The number of aryl methyl sites for hydroxylation is 1. The van der Waals surface area contributed by atoms with Crippen molar-refractivity contribution in [2.75, 3.05) is 20.3 Å². The van der Waals surface area contributed by atoms with Gasteiger partial charge in [0.1, 0.15) is 5.82 Å². The summed E-state index contributed by atoms with van der Waals surface area (Å²) in [6, 6.07) is 4.37.